The average molecular weight is 258 g/mol. The van der Waals surface area contributed by atoms with E-state index in [1.807, 2.05) is 12.1 Å². The van der Waals surface area contributed by atoms with Gasteiger partial charge < -0.3 is 16.0 Å². The third-order valence-corrected chi connectivity index (χ3v) is 3.42. The SMILES string of the molecule is CC(=O)NC1CCN(c2ccc(C#N)c(N)c2)CC1. The Labute approximate surface area is 113 Å². The Kier molecular flexibility index (Phi) is 3.91. The molecule has 0 atom stereocenters. The number of hydrogen-bond acceptors (Lipinski definition) is 4. The van der Waals surface area contributed by atoms with Crippen molar-refractivity contribution in [3.8, 4) is 6.07 Å². The molecule has 0 radical (unpaired) electrons. The van der Waals surface area contributed by atoms with Gasteiger partial charge in [0.15, 0.2) is 0 Å². The normalized spacial score (nSPS) is 15.9. The number of nitrogen functional groups attached to an aromatic ring is 1. The van der Waals surface area contributed by atoms with Crippen LogP contribution in [0.4, 0.5) is 11.4 Å². The zero-order valence-electron chi connectivity index (χ0n) is 11.0. The standard InChI is InChI=1S/C14H18N4O/c1-10(19)17-12-4-6-18(7-5-12)13-3-2-11(9-15)14(16)8-13/h2-3,8,12H,4-7,16H2,1H3,(H,17,19). The summed E-state index contributed by atoms with van der Waals surface area (Å²) in [6.45, 7) is 3.32. The van der Waals surface area contributed by atoms with Gasteiger partial charge in [0.1, 0.15) is 6.07 Å². The lowest BCUT2D eigenvalue weighted by molar-refractivity contribution is -0.119. The quantitative estimate of drug-likeness (QED) is 0.782. The van der Waals surface area contributed by atoms with E-state index in [9.17, 15) is 4.79 Å². The molecule has 0 unspecified atom stereocenters. The first-order chi connectivity index (χ1) is 9.10. The summed E-state index contributed by atoms with van der Waals surface area (Å²) < 4.78 is 0. The van der Waals surface area contributed by atoms with Crippen molar-refractivity contribution in [1.82, 2.24) is 5.32 Å². The first-order valence-corrected chi connectivity index (χ1v) is 6.42. The van der Waals surface area contributed by atoms with Gasteiger partial charge in [0.2, 0.25) is 5.91 Å². The van der Waals surface area contributed by atoms with Gasteiger partial charge in [-0.2, -0.15) is 5.26 Å². The Morgan fingerprint density at radius 3 is 2.68 bits per heavy atom. The maximum Gasteiger partial charge on any atom is 0.217 e. The van der Waals surface area contributed by atoms with E-state index in [0.29, 0.717) is 11.3 Å². The molecule has 19 heavy (non-hydrogen) atoms. The number of nitrogens with two attached hydrogens (primary N) is 1. The Morgan fingerprint density at radius 1 is 1.47 bits per heavy atom. The minimum atomic E-state index is 0.0288. The number of carbonyl (C=O) groups excluding carboxylic acids is 1. The lowest BCUT2D eigenvalue weighted by Crippen LogP contribution is -2.44. The van der Waals surface area contributed by atoms with E-state index in [4.69, 9.17) is 11.0 Å². The predicted octanol–water partition coefficient (Wildman–Crippen LogP) is 1.25. The molecule has 0 aliphatic carbocycles. The summed E-state index contributed by atoms with van der Waals surface area (Å²) in [5.74, 6) is 0.0288. The molecule has 0 spiro atoms. The highest BCUT2D eigenvalue weighted by atomic mass is 16.1. The highest BCUT2D eigenvalue weighted by Crippen LogP contribution is 2.24. The summed E-state index contributed by atoms with van der Waals surface area (Å²) in [7, 11) is 0. The predicted molar refractivity (Wildman–Crippen MR) is 74.6 cm³/mol. The molecule has 1 aromatic carbocycles. The molecule has 1 saturated heterocycles. The largest absolute Gasteiger partial charge is 0.398 e. The van der Waals surface area contributed by atoms with E-state index in [1.165, 1.54) is 0 Å². The molecular weight excluding hydrogens is 240 g/mol. The molecule has 2 rings (SSSR count). The van der Waals surface area contributed by atoms with Gasteiger partial charge in [0.05, 0.1) is 11.3 Å². The highest BCUT2D eigenvalue weighted by Gasteiger charge is 2.20. The van der Waals surface area contributed by atoms with Crippen LogP contribution in [0.15, 0.2) is 18.2 Å². The van der Waals surface area contributed by atoms with E-state index in [-0.39, 0.29) is 11.9 Å². The molecule has 100 valence electrons. The second-order valence-corrected chi connectivity index (χ2v) is 4.85. The van der Waals surface area contributed by atoms with Crippen LogP contribution < -0.4 is 16.0 Å². The molecule has 0 aromatic heterocycles. The van der Waals surface area contributed by atoms with Crippen LogP contribution in [0.25, 0.3) is 0 Å². The fourth-order valence-corrected chi connectivity index (χ4v) is 2.42. The van der Waals surface area contributed by atoms with E-state index in [2.05, 4.69) is 16.3 Å². The first kappa shape index (κ1) is 13.2. The number of rotatable bonds is 2. The number of amides is 1. The molecule has 1 amide bonds. The third kappa shape index (κ3) is 3.16. The van der Waals surface area contributed by atoms with Crippen molar-refractivity contribution >= 4 is 17.3 Å². The van der Waals surface area contributed by atoms with E-state index in [1.54, 1.807) is 13.0 Å². The minimum Gasteiger partial charge on any atom is -0.398 e. The fraction of sp³-hybridized carbons (Fsp3) is 0.429. The van der Waals surface area contributed by atoms with Gasteiger partial charge in [-0.25, -0.2) is 0 Å². The van der Waals surface area contributed by atoms with Crippen molar-refractivity contribution in [2.24, 2.45) is 0 Å². The monoisotopic (exact) mass is 258 g/mol. The second-order valence-electron chi connectivity index (χ2n) is 4.85. The summed E-state index contributed by atoms with van der Waals surface area (Å²) in [6.07, 6.45) is 1.86. The van der Waals surface area contributed by atoms with Crippen molar-refractivity contribution in [2.45, 2.75) is 25.8 Å². The molecule has 5 heteroatoms. The van der Waals surface area contributed by atoms with Crippen LogP contribution in [0, 0.1) is 11.3 Å². The molecule has 1 aromatic rings. The van der Waals surface area contributed by atoms with E-state index < -0.39 is 0 Å². The topological polar surface area (TPSA) is 82.2 Å². The number of anilines is 2. The van der Waals surface area contributed by atoms with Crippen LogP contribution in [0.2, 0.25) is 0 Å². The fourth-order valence-electron chi connectivity index (χ4n) is 2.42. The first-order valence-electron chi connectivity index (χ1n) is 6.42. The van der Waals surface area contributed by atoms with Crippen molar-refractivity contribution in [2.75, 3.05) is 23.7 Å². The Hall–Kier alpha value is -2.22. The molecule has 0 bridgehead atoms. The zero-order valence-corrected chi connectivity index (χ0v) is 11.0. The second kappa shape index (κ2) is 5.61. The lowest BCUT2D eigenvalue weighted by atomic mass is 10.0. The summed E-state index contributed by atoms with van der Waals surface area (Å²) in [4.78, 5) is 13.2. The molecular formula is C14H18N4O. The average Bonchev–Trinajstić information content (AvgIpc) is 2.39. The van der Waals surface area contributed by atoms with Crippen LogP contribution in [-0.2, 0) is 4.79 Å². The van der Waals surface area contributed by atoms with Crippen molar-refractivity contribution in [1.29, 1.82) is 5.26 Å². The van der Waals surface area contributed by atoms with Gasteiger partial charge in [-0.05, 0) is 31.0 Å². The number of nitriles is 1. The van der Waals surface area contributed by atoms with Crippen LogP contribution in [0.1, 0.15) is 25.3 Å². The van der Waals surface area contributed by atoms with Gasteiger partial charge in [0.25, 0.3) is 0 Å². The van der Waals surface area contributed by atoms with E-state index >= 15 is 0 Å². The Morgan fingerprint density at radius 2 is 2.16 bits per heavy atom. The molecule has 1 heterocycles. The number of nitrogens with zero attached hydrogens (tertiary/aromatic N) is 2. The van der Waals surface area contributed by atoms with Gasteiger partial charge in [-0.1, -0.05) is 0 Å². The Bertz CT molecular complexity index is 513. The number of piperidine rings is 1. The van der Waals surface area contributed by atoms with E-state index in [0.717, 1.165) is 31.6 Å². The van der Waals surface area contributed by atoms with Crippen LogP contribution >= 0.6 is 0 Å². The highest BCUT2D eigenvalue weighted by molar-refractivity contribution is 5.73. The lowest BCUT2D eigenvalue weighted by Gasteiger charge is -2.34. The summed E-state index contributed by atoms with van der Waals surface area (Å²) >= 11 is 0. The number of benzene rings is 1. The third-order valence-electron chi connectivity index (χ3n) is 3.42. The van der Waals surface area contributed by atoms with Gasteiger partial charge in [-0.3, -0.25) is 4.79 Å². The van der Waals surface area contributed by atoms with Crippen LogP contribution in [0.3, 0.4) is 0 Å². The molecule has 5 nitrogen and oxygen atoms in total. The smallest absolute Gasteiger partial charge is 0.217 e. The van der Waals surface area contributed by atoms with Gasteiger partial charge in [-0.15, -0.1) is 0 Å². The summed E-state index contributed by atoms with van der Waals surface area (Å²) in [5.41, 5.74) is 7.89. The van der Waals surface area contributed by atoms with Gasteiger partial charge >= 0.3 is 0 Å². The number of carbonyl (C=O) groups is 1. The van der Waals surface area contributed by atoms with Crippen molar-refractivity contribution in [3.63, 3.8) is 0 Å². The molecule has 0 saturated carbocycles. The zero-order chi connectivity index (χ0) is 13.8. The maximum atomic E-state index is 11.0. The number of nitrogens with one attached hydrogen (secondary N) is 1. The molecule has 3 N–H and O–H groups in total. The number of hydrogen-bond donors (Lipinski definition) is 2. The van der Waals surface area contributed by atoms with Crippen LogP contribution in [0.5, 0.6) is 0 Å². The van der Waals surface area contributed by atoms with Crippen LogP contribution in [-0.4, -0.2) is 25.0 Å². The van der Waals surface area contributed by atoms with Crippen molar-refractivity contribution in [3.05, 3.63) is 23.8 Å². The Balaban J connectivity index is 2.00. The van der Waals surface area contributed by atoms with Crippen molar-refractivity contribution < 1.29 is 4.79 Å². The van der Waals surface area contributed by atoms with Gasteiger partial charge in [0, 0.05) is 31.7 Å². The minimum absolute atomic E-state index is 0.0288. The molecule has 1 aliphatic rings. The summed E-state index contributed by atoms with van der Waals surface area (Å²) in [5, 5.41) is 11.8. The molecule has 1 aliphatic heterocycles. The maximum absolute atomic E-state index is 11.0. The molecule has 1 fully saturated rings. The summed E-state index contributed by atoms with van der Waals surface area (Å²) in [6, 6.07) is 7.85.